The summed E-state index contributed by atoms with van der Waals surface area (Å²) in [6, 6.07) is 4.99. The molecule has 19 heavy (non-hydrogen) atoms. The molecule has 1 aliphatic rings. The molecule has 0 spiro atoms. The lowest BCUT2D eigenvalue weighted by Crippen LogP contribution is -2.31. The summed E-state index contributed by atoms with van der Waals surface area (Å²) in [6.07, 6.45) is -5.44. The molecule has 3 nitrogen and oxygen atoms in total. The first kappa shape index (κ1) is 13.7. The van der Waals surface area contributed by atoms with Crippen LogP contribution in [0.15, 0.2) is 18.2 Å². The molecule has 1 heterocycles. The summed E-state index contributed by atoms with van der Waals surface area (Å²) >= 11 is 0. The molecule has 0 bridgehead atoms. The van der Waals surface area contributed by atoms with Gasteiger partial charge in [-0.1, -0.05) is 26.0 Å². The van der Waals surface area contributed by atoms with Crippen LogP contribution in [0.25, 0.3) is 0 Å². The van der Waals surface area contributed by atoms with Crippen LogP contribution in [0.1, 0.15) is 25.8 Å². The van der Waals surface area contributed by atoms with Crippen molar-refractivity contribution >= 4 is 5.78 Å². The van der Waals surface area contributed by atoms with Crippen molar-refractivity contribution in [2.45, 2.75) is 31.9 Å². The van der Waals surface area contributed by atoms with E-state index in [0.29, 0.717) is 17.1 Å². The number of Topliss-reactive ketones (excluding diaryl/α,β-unsaturated/α-hetero) is 1. The van der Waals surface area contributed by atoms with Crippen molar-refractivity contribution in [2.24, 2.45) is 0 Å². The third-order valence-electron chi connectivity index (χ3n) is 3.04. The average molecular weight is 274 g/mol. The van der Waals surface area contributed by atoms with Crippen LogP contribution in [-0.4, -0.2) is 18.8 Å². The number of ether oxygens (including phenoxy) is 2. The van der Waals surface area contributed by atoms with E-state index >= 15 is 0 Å². The predicted molar refractivity (Wildman–Crippen MR) is 61.3 cm³/mol. The molecule has 6 heteroatoms. The van der Waals surface area contributed by atoms with E-state index in [-0.39, 0.29) is 6.79 Å². The summed E-state index contributed by atoms with van der Waals surface area (Å²) in [5, 5.41) is 0. The van der Waals surface area contributed by atoms with Crippen LogP contribution in [0.2, 0.25) is 0 Å². The number of carbonyl (C=O) groups excluding carboxylic acids is 1. The highest BCUT2D eigenvalue weighted by molar-refractivity contribution is 5.85. The second kappa shape index (κ2) is 4.43. The van der Waals surface area contributed by atoms with Gasteiger partial charge in [-0.15, -0.1) is 0 Å². The van der Waals surface area contributed by atoms with E-state index < -0.39 is 23.8 Å². The fraction of sp³-hybridized carbons (Fsp3) is 0.462. The summed E-state index contributed by atoms with van der Waals surface area (Å²) < 4.78 is 47.5. The molecular weight excluding hydrogens is 261 g/mol. The Morgan fingerprint density at radius 1 is 1.26 bits per heavy atom. The standard InChI is InChI=1S/C13H13F3O3/c1-12(2,6-10(17)13(14,15)16)8-4-3-5-9-11(8)19-7-18-9/h3-5H,6-7H2,1-2H3. The third kappa shape index (κ3) is 2.67. The van der Waals surface area contributed by atoms with Gasteiger partial charge in [-0.2, -0.15) is 13.2 Å². The fourth-order valence-corrected chi connectivity index (χ4v) is 2.06. The van der Waals surface area contributed by atoms with Crippen LogP contribution < -0.4 is 9.47 Å². The summed E-state index contributed by atoms with van der Waals surface area (Å²) in [6.45, 7) is 3.19. The van der Waals surface area contributed by atoms with Crippen LogP contribution in [0.5, 0.6) is 11.5 Å². The molecule has 0 unspecified atom stereocenters. The fourth-order valence-electron chi connectivity index (χ4n) is 2.06. The first-order valence-electron chi connectivity index (χ1n) is 5.71. The number of benzene rings is 1. The number of hydrogen-bond acceptors (Lipinski definition) is 3. The minimum Gasteiger partial charge on any atom is -0.454 e. The third-order valence-corrected chi connectivity index (χ3v) is 3.04. The van der Waals surface area contributed by atoms with E-state index in [0.717, 1.165) is 0 Å². The van der Waals surface area contributed by atoms with Crippen molar-refractivity contribution < 1.29 is 27.4 Å². The highest BCUT2D eigenvalue weighted by Crippen LogP contribution is 2.43. The molecule has 2 rings (SSSR count). The van der Waals surface area contributed by atoms with Gasteiger partial charge in [0.25, 0.3) is 0 Å². The molecule has 104 valence electrons. The number of rotatable bonds is 3. The number of hydrogen-bond donors (Lipinski definition) is 0. The van der Waals surface area contributed by atoms with Crippen LogP contribution in [0.3, 0.4) is 0 Å². The number of halogens is 3. The molecule has 1 aliphatic heterocycles. The van der Waals surface area contributed by atoms with Crippen LogP contribution in [-0.2, 0) is 10.2 Å². The number of carbonyl (C=O) groups is 1. The summed E-state index contributed by atoms with van der Waals surface area (Å²) in [7, 11) is 0. The lowest BCUT2D eigenvalue weighted by atomic mass is 9.79. The largest absolute Gasteiger partial charge is 0.454 e. The molecule has 1 aromatic rings. The Labute approximate surface area is 108 Å². The van der Waals surface area contributed by atoms with Crippen molar-refractivity contribution in [3.8, 4) is 11.5 Å². The van der Waals surface area contributed by atoms with E-state index in [1.165, 1.54) is 0 Å². The zero-order valence-corrected chi connectivity index (χ0v) is 10.5. The summed E-state index contributed by atoms with van der Waals surface area (Å²) in [4.78, 5) is 11.2. The Morgan fingerprint density at radius 3 is 2.58 bits per heavy atom. The number of ketones is 1. The molecule has 0 saturated heterocycles. The topological polar surface area (TPSA) is 35.5 Å². The maximum absolute atomic E-state index is 12.4. The molecule has 0 atom stereocenters. The van der Waals surface area contributed by atoms with Gasteiger partial charge in [0.15, 0.2) is 11.5 Å². The van der Waals surface area contributed by atoms with Gasteiger partial charge in [0, 0.05) is 17.4 Å². The van der Waals surface area contributed by atoms with Gasteiger partial charge in [-0.05, 0) is 6.07 Å². The van der Waals surface area contributed by atoms with E-state index in [9.17, 15) is 18.0 Å². The molecule has 1 aromatic carbocycles. The van der Waals surface area contributed by atoms with Crippen LogP contribution in [0, 0.1) is 0 Å². The minimum absolute atomic E-state index is 0.0373. The van der Waals surface area contributed by atoms with Crippen molar-refractivity contribution in [2.75, 3.05) is 6.79 Å². The van der Waals surface area contributed by atoms with E-state index in [1.54, 1.807) is 32.0 Å². The zero-order chi connectivity index (χ0) is 14.3. The van der Waals surface area contributed by atoms with Gasteiger partial charge in [0.05, 0.1) is 0 Å². The van der Waals surface area contributed by atoms with Crippen molar-refractivity contribution in [3.05, 3.63) is 23.8 Å². The zero-order valence-electron chi connectivity index (χ0n) is 10.5. The van der Waals surface area contributed by atoms with Gasteiger partial charge in [0.2, 0.25) is 12.6 Å². The van der Waals surface area contributed by atoms with Gasteiger partial charge < -0.3 is 9.47 Å². The van der Waals surface area contributed by atoms with Crippen LogP contribution >= 0.6 is 0 Å². The van der Waals surface area contributed by atoms with Gasteiger partial charge >= 0.3 is 6.18 Å². The Kier molecular flexibility index (Phi) is 3.20. The number of fused-ring (bicyclic) bond motifs is 1. The summed E-state index contributed by atoms with van der Waals surface area (Å²) in [5.74, 6) is -0.832. The van der Waals surface area contributed by atoms with E-state index in [1.807, 2.05) is 0 Å². The molecule has 0 amide bonds. The Hall–Kier alpha value is -1.72. The minimum atomic E-state index is -4.81. The molecule has 0 N–H and O–H groups in total. The molecule has 0 saturated carbocycles. The maximum atomic E-state index is 12.4. The maximum Gasteiger partial charge on any atom is 0.450 e. The molecule has 0 aliphatic carbocycles. The monoisotopic (exact) mass is 274 g/mol. The molecular formula is C13H13F3O3. The van der Waals surface area contributed by atoms with Gasteiger partial charge in [0.1, 0.15) is 0 Å². The summed E-state index contributed by atoms with van der Waals surface area (Å²) in [5.41, 5.74) is -0.439. The first-order valence-corrected chi connectivity index (χ1v) is 5.71. The normalized spacial score (nSPS) is 14.6. The lowest BCUT2D eigenvalue weighted by molar-refractivity contribution is -0.172. The van der Waals surface area contributed by atoms with Crippen molar-refractivity contribution in [1.29, 1.82) is 0 Å². The second-order valence-corrected chi connectivity index (χ2v) is 5.02. The van der Waals surface area contributed by atoms with Gasteiger partial charge in [-0.3, -0.25) is 4.79 Å². The first-order chi connectivity index (χ1) is 8.72. The predicted octanol–water partition coefficient (Wildman–Crippen LogP) is 3.21. The van der Waals surface area contributed by atoms with Gasteiger partial charge in [-0.25, -0.2) is 0 Å². The molecule has 0 fully saturated rings. The Bertz CT molecular complexity index is 506. The Balaban J connectivity index is 2.30. The number of para-hydroxylation sites is 1. The SMILES string of the molecule is CC(C)(CC(=O)C(F)(F)F)c1cccc2c1OCO2. The average Bonchev–Trinajstić information content (AvgIpc) is 2.74. The highest BCUT2D eigenvalue weighted by atomic mass is 19.4. The highest BCUT2D eigenvalue weighted by Gasteiger charge is 2.42. The second-order valence-electron chi connectivity index (χ2n) is 5.02. The van der Waals surface area contributed by atoms with Crippen molar-refractivity contribution in [3.63, 3.8) is 0 Å². The Morgan fingerprint density at radius 2 is 1.95 bits per heavy atom. The molecule has 0 aromatic heterocycles. The molecule has 0 radical (unpaired) electrons. The van der Waals surface area contributed by atoms with E-state index in [4.69, 9.17) is 9.47 Å². The smallest absolute Gasteiger partial charge is 0.450 e. The quantitative estimate of drug-likeness (QED) is 0.849. The number of alkyl halides is 3. The van der Waals surface area contributed by atoms with Crippen molar-refractivity contribution in [1.82, 2.24) is 0 Å². The van der Waals surface area contributed by atoms with Crippen LogP contribution in [0.4, 0.5) is 13.2 Å². The lowest BCUT2D eigenvalue weighted by Gasteiger charge is -2.26. The van der Waals surface area contributed by atoms with E-state index in [2.05, 4.69) is 0 Å².